The molecule has 2 fully saturated rings. The molecular weight excluding hydrogens is 387 g/mol. The van der Waals surface area contributed by atoms with Gasteiger partial charge in [-0.25, -0.2) is 4.98 Å². The number of nitrogens with one attached hydrogen (secondary N) is 1. The molecule has 0 aliphatic carbocycles. The molecule has 3 rings (SSSR count). The average molecular weight is 412 g/mol. The number of piperidine rings is 1. The van der Waals surface area contributed by atoms with Crippen LogP contribution < -0.4 is 10.2 Å². The zero-order valence-corrected chi connectivity index (χ0v) is 15.9. The number of nitrogens with zero attached hydrogens (tertiary/aromatic N) is 3. The lowest BCUT2D eigenvalue weighted by Crippen LogP contribution is -2.48. The molecule has 0 saturated carbocycles. The first-order valence-electron chi connectivity index (χ1n) is 7.61. The van der Waals surface area contributed by atoms with E-state index in [-0.39, 0.29) is 24.8 Å². The molecule has 0 unspecified atom stereocenters. The average Bonchev–Trinajstić information content (AvgIpc) is 2.50. The van der Waals surface area contributed by atoms with Crippen LogP contribution in [0.4, 0.5) is 5.82 Å². The Kier molecular flexibility index (Phi) is 9.02. The standard InChI is InChI=1S/C15H23BrN4.2ClH/c16-14-1-2-15(18-11-14)20-9-7-19(8-10-20)12-13-3-5-17-6-4-13;;/h1-2,11,13,17H,3-10,12H2;2*1H. The van der Waals surface area contributed by atoms with Gasteiger partial charge in [-0.3, -0.25) is 4.90 Å². The number of pyridine rings is 1. The fourth-order valence-electron chi connectivity index (χ4n) is 3.14. The first-order chi connectivity index (χ1) is 9.81. The van der Waals surface area contributed by atoms with Crippen molar-refractivity contribution in [1.29, 1.82) is 0 Å². The van der Waals surface area contributed by atoms with Crippen molar-refractivity contribution >= 4 is 46.6 Å². The van der Waals surface area contributed by atoms with Crippen molar-refractivity contribution in [3.63, 3.8) is 0 Å². The van der Waals surface area contributed by atoms with Crippen LogP contribution >= 0.6 is 40.7 Å². The highest BCUT2D eigenvalue weighted by molar-refractivity contribution is 9.10. The Morgan fingerprint density at radius 1 is 1.09 bits per heavy atom. The number of hydrogen-bond acceptors (Lipinski definition) is 4. The Balaban J connectivity index is 0.00000121. The molecule has 2 saturated heterocycles. The molecule has 126 valence electrons. The summed E-state index contributed by atoms with van der Waals surface area (Å²) < 4.78 is 1.05. The highest BCUT2D eigenvalue weighted by Gasteiger charge is 2.21. The van der Waals surface area contributed by atoms with Crippen LogP contribution in [-0.4, -0.2) is 55.7 Å². The van der Waals surface area contributed by atoms with E-state index < -0.39 is 0 Å². The zero-order valence-electron chi connectivity index (χ0n) is 12.7. The van der Waals surface area contributed by atoms with Crippen LogP contribution in [0.25, 0.3) is 0 Å². The summed E-state index contributed by atoms with van der Waals surface area (Å²) in [5.41, 5.74) is 0. The second-order valence-electron chi connectivity index (χ2n) is 5.82. The van der Waals surface area contributed by atoms with Gasteiger partial charge in [-0.05, 0) is 59.9 Å². The van der Waals surface area contributed by atoms with E-state index in [0.29, 0.717) is 0 Å². The van der Waals surface area contributed by atoms with Crippen molar-refractivity contribution < 1.29 is 0 Å². The molecule has 0 spiro atoms. The van der Waals surface area contributed by atoms with E-state index in [0.717, 1.165) is 29.3 Å². The number of hydrogen-bond donors (Lipinski definition) is 1. The maximum absolute atomic E-state index is 4.49. The summed E-state index contributed by atoms with van der Waals surface area (Å²) in [6, 6.07) is 4.18. The molecule has 1 aromatic heterocycles. The van der Waals surface area contributed by atoms with Crippen LogP contribution in [0.15, 0.2) is 22.8 Å². The van der Waals surface area contributed by atoms with Crippen molar-refractivity contribution in [1.82, 2.24) is 15.2 Å². The number of anilines is 1. The third-order valence-corrected chi connectivity index (χ3v) is 4.85. The normalized spacial score (nSPS) is 20.1. The van der Waals surface area contributed by atoms with E-state index in [1.165, 1.54) is 45.6 Å². The molecule has 0 bridgehead atoms. The minimum Gasteiger partial charge on any atom is -0.354 e. The Labute approximate surface area is 154 Å². The first kappa shape index (κ1) is 20.0. The Morgan fingerprint density at radius 2 is 1.77 bits per heavy atom. The zero-order chi connectivity index (χ0) is 13.8. The molecule has 22 heavy (non-hydrogen) atoms. The van der Waals surface area contributed by atoms with Crippen molar-refractivity contribution in [3.05, 3.63) is 22.8 Å². The Hall–Kier alpha value is -0.0700. The molecule has 0 atom stereocenters. The summed E-state index contributed by atoms with van der Waals surface area (Å²) in [6.07, 6.45) is 4.57. The SMILES string of the molecule is Brc1ccc(N2CCN(CC3CCNCC3)CC2)nc1.Cl.Cl. The molecule has 0 aromatic carbocycles. The van der Waals surface area contributed by atoms with Gasteiger partial charge in [0.1, 0.15) is 5.82 Å². The van der Waals surface area contributed by atoms with E-state index in [2.05, 4.69) is 48.2 Å². The van der Waals surface area contributed by atoms with Crippen molar-refractivity contribution in [2.75, 3.05) is 50.7 Å². The highest BCUT2D eigenvalue weighted by Crippen LogP contribution is 2.18. The lowest BCUT2D eigenvalue weighted by atomic mass is 9.97. The lowest BCUT2D eigenvalue weighted by molar-refractivity contribution is 0.196. The van der Waals surface area contributed by atoms with E-state index in [1.807, 2.05) is 6.20 Å². The van der Waals surface area contributed by atoms with Gasteiger partial charge in [-0.2, -0.15) is 0 Å². The van der Waals surface area contributed by atoms with Crippen LogP contribution in [0.5, 0.6) is 0 Å². The quantitative estimate of drug-likeness (QED) is 0.828. The highest BCUT2D eigenvalue weighted by atomic mass is 79.9. The predicted molar refractivity (Wildman–Crippen MR) is 101 cm³/mol. The topological polar surface area (TPSA) is 31.4 Å². The Bertz CT molecular complexity index is 418. The fraction of sp³-hybridized carbons (Fsp3) is 0.667. The monoisotopic (exact) mass is 410 g/mol. The van der Waals surface area contributed by atoms with Gasteiger partial charge in [-0.15, -0.1) is 24.8 Å². The van der Waals surface area contributed by atoms with Crippen molar-refractivity contribution in [2.45, 2.75) is 12.8 Å². The summed E-state index contributed by atoms with van der Waals surface area (Å²) in [5, 5.41) is 3.45. The number of halogens is 3. The third-order valence-electron chi connectivity index (χ3n) is 4.38. The largest absolute Gasteiger partial charge is 0.354 e. The predicted octanol–water partition coefficient (Wildman–Crippen LogP) is 2.81. The van der Waals surface area contributed by atoms with E-state index >= 15 is 0 Å². The molecule has 2 aliphatic rings. The maximum Gasteiger partial charge on any atom is 0.128 e. The fourth-order valence-corrected chi connectivity index (χ4v) is 3.38. The second-order valence-corrected chi connectivity index (χ2v) is 6.73. The molecule has 0 amide bonds. The molecule has 3 heterocycles. The summed E-state index contributed by atoms with van der Waals surface area (Å²) >= 11 is 3.44. The molecule has 1 N–H and O–H groups in total. The van der Waals surface area contributed by atoms with Gasteiger partial charge >= 0.3 is 0 Å². The van der Waals surface area contributed by atoms with Crippen molar-refractivity contribution in [2.24, 2.45) is 5.92 Å². The molecule has 1 aromatic rings. The smallest absolute Gasteiger partial charge is 0.128 e. The van der Waals surface area contributed by atoms with Gasteiger partial charge in [0.15, 0.2) is 0 Å². The number of piperazine rings is 1. The van der Waals surface area contributed by atoms with Gasteiger partial charge in [0.2, 0.25) is 0 Å². The molecule has 7 heteroatoms. The molecule has 2 aliphatic heterocycles. The van der Waals surface area contributed by atoms with Gasteiger partial charge in [0, 0.05) is 43.4 Å². The van der Waals surface area contributed by atoms with Gasteiger partial charge in [0.25, 0.3) is 0 Å². The van der Waals surface area contributed by atoms with Gasteiger partial charge < -0.3 is 10.2 Å². The van der Waals surface area contributed by atoms with Crippen LogP contribution in [0.1, 0.15) is 12.8 Å². The van der Waals surface area contributed by atoms with Crippen LogP contribution in [0.2, 0.25) is 0 Å². The summed E-state index contributed by atoms with van der Waals surface area (Å²) in [4.78, 5) is 9.52. The lowest BCUT2D eigenvalue weighted by Gasteiger charge is -2.37. The minimum atomic E-state index is 0. The van der Waals surface area contributed by atoms with E-state index in [9.17, 15) is 0 Å². The van der Waals surface area contributed by atoms with Gasteiger partial charge in [-0.1, -0.05) is 0 Å². The summed E-state index contributed by atoms with van der Waals surface area (Å²) in [5.74, 6) is 2.00. The minimum absolute atomic E-state index is 0. The Morgan fingerprint density at radius 3 is 2.36 bits per heavy atom. The first-order valence-corrected chi connectivity index (χ1v) is 8.40. The van der Waals surface area contributed by atoms with Gasteiger partial charge in [0.05, 0.1) is 0 Å². The van der Waals surface area contributed by atoms with Crippen molar-refractivity contribution in [3.8, 4) is 0 Å². The van der Waals surface area contributed by atoms with E-state index in [4.69, 9.17) is 0 Å². The van der Waals surface area contributed by atoms with Crippen LogP contribution in [0, 0.1) is 5.92 Å². The molecule has 4 nitrogen and oxygen atoms in total. The van der Waals surface area contributed by atoms with Crippen LogP contribution in [-0.2, 0) is 0 Å². The third kappa shape index (κ3) is 5.53. The number of rotatable bonds is 3. The number of aromatic nitrogens is 1. The van der Waals surface area contributed by atoms with E-state index in [1.54, 1.807) is 0 Å². The molecular formula is C15H25BrCl2N4. The maximum atomic E-state index is 4.49. The summed E-state index contributed by atoms with van der Waals surface area (Å²) in [6.45, 7) is 8.22. The second kappa shape index (κ2) is 9.93. The molecule has 0 radical (unpaired) electrons. The van der Waals surface area contributed by atoms with Crippen LogP contribution in [0.3, 0.4) is 0 Å². The summed E-state index contributed by atoms with van der Waals surface area (Å²) in [7, 11) is 0.